The third kappa shape index (κ3) is 4.87. The van der Waals surface area contributed by atoms with Crippen molar-refractivity contribution in [1.82, 2.24) is 14.1 Å². The molecule has 0 saturated heterocycles. The van der Waals surface area contributed by atoms with Crippen molar-refractivity contribution in [3.63, 3.8) is 0 Å². The number of rotatable bonds is 5. The summed E-state index contributed by atoms with van der Waals surface area (Å²) in [6.45, 7) is 0. The monoisotopic (exact) mass is 687 g/mol. The van der Waals surface area contributed by atoms with Crippen LogP contribution in [0.2, 0.25) is 0 Å². The molecule has 3 heterocycles. The Morgan fingerprint density at radius 2 is 0.796 bits per heavy atom. The van der Waals surface area contributed by atoms with Crippen LogP contribution >= 0.6 is 0 Å². The molecule has 0 aliphatic carbocycles. The first kappa shape index (κ1) is 30.4. The van der Waals surface area contributed by atoms with Crippen molar-refractivity contribution in [2.45, 2.75) is 0 Å². The van der Waals surface area contributed by atoms with Gasteiger partial charge in [0.1, 0.15) is 0 Å². The van der Waals surface area contributed by atoms with E-state index < -0.39 is 0 Å². The largest absolute Gasteiger partial charge is 0.309 e. The summed E-state index contributed by atoms with van der Waals surface area (Å²) in [7, 11) is 0. The average Bonchev–Trinajstić information content (AvgIpc) is 3.76. The molecule has 3 nitrogen and oxygen atoms in total. The van der Waals surface area contributed by atoms with Crippen molar-refractivity contribution in [1.29, 1.82) is 0 Å². The Bertz CT molecular complexity index is 3200. The second kappa shape index (κ2) is 12.2. The van der Waals surface area contributed by atoms with Gasteiger partial charge in [-0.2, -0.15) is 0 Å². The third-order valence-electron chi connectivity index (χ3n) is 10.9. The third-order valence-corrected chi connectivity index (χ3v) is 10.9. The van der Waals surface area contributed by atoms with Crippen LogP contribution in [-0.2, 0) is 0 Å². The molecule has 0 N–H and O–H groups in total. The second-order valence-electron chi connectivity index (χ2n) is 14.0. The molecule has 0 aliphatic rings. The van der Waals surface area contributed by atoms with E-state index in [1.807, 2.05) is 12.3 Å². The van der Waals surface area contributed by atoms with E-state index in [0.29, 0.717) is 0 Å². The predicted octanol–water partition coefficient (Wildman–Crippen LogP) is 13.4. The van der Waals surface area contributed by atoms with Crippen molar-refractivity contribution in [3.8, 4) is 44.8 Å². The van der Waals surface area contributed by atoms with Gasteiger partial charge in [0.15, 0.2) is 0 Å². The van der Waals surface area contributed by atoms with E-state index in [2.05, 4.69) is 197 Å². The molecule has 0 bridgehead atoms. The lowest BCUT2D eigenvalue weighted by Crippen LogP contribution is -1.94. The quantitative estimate of drug-likeness (QED) is 0.177. The van der Waals surface area contributed by atoms with Crippen LogP contribution in [0.25, 0.3) is 99.3 Å². The SMILES string of the molecule is c1ccc(-n2c3ccccc3c3cc(-c4ccc(-n5c6ccccc6c6cc(-c7cccc(-c8cnc9ccccc9c8)c7)ccc65)cc4)ccc32)cc1. The minimum absolute atomic E-state index is 1.01. The van der Waals surface area contributed by atoms with Gasteiger partial charge in [-0.25, -0.2) is 0 Å². The first-order valence-electron chi connectivity index (χ1n) is 18.5. The molecular formula is C51H33N3. The molecular weight excluding hydrogens is 655 g/mol. The Labute approximate surface area is 312 Å². The molecule has 11 aromatic rings. The molecule has 0 fully saturated rings. The fraction of sp³-hybridized carbons (Fsp3) is 0. The minimum Gasteiger partial charge on any atom is -0.309 e. The Hall–Kier alpha value is -7.23. The van der Waals surface area contributed by atoms with Gasteiger partial charge in [-0.3, -0.25) is 4.98 Å². The van der Waals surface area contributed by atoms with Gasteiger partial charge >= 0.3 is 0 Å². The molecule has 0 aliphatic heterocycles. The molecule has 11 rings (SSSR count). The fourth-order valence-electron chi connectivity index (χ4n) is 8.35. The topological polar surface area (TPSA) is 22.8 Å². The Balaban J connectivity index is 0.976. The van der Waals surface area contributed by atoms with Crippen LogP contribution in [0.5, 0.6) is 0 Å². The van der Waals surface area contributed by atoms with Crippen molar-refractivity contribution >= 4 is 54.5 Å². The molecule has 0 amide bonds. The summed E-state index contributed by atoms with van der Waals surface area (Å²) in [5.41, 5.74) is 15.2. The number of para-hydroxylation sites is 4. The zero-order valence-electron chi connectivity index (χ0n) is 29.4. The standard InChI is InChI=1S/C51H33N3/c1-2-14-41(15-3-1)53-48-19-8-5-16-43(48)45-31-37(23-27-50(45)53)34-21-25-42(26-22-34)54-49-20-9-6-17-44(49)46-32-38(24-28-51(46)54)35-12-10-13-36(29-35)40-30-39-11-4-7-18-47(39)52-33-40/h1-33H. The summed E-state index contributed by atoms with van der Waals surface area (Å²) >= 11 is 0. The highest BCUT2D eigenvalue weighted by molar-refractivity contribution is 6.11. The van der Waals surface area contributed by atoms with Gasteiger partial charge in [-0.1, -0.05) is 115 Å². The maximum atomic E-state index is 4.72. The van der Waals surface area contributed by atoms with E-state index in [4.69, 9.17) is 4.98 Å². The highest BCUT2D eigenvalue weighted by atomic mass is 15.0. The van der Waals surface area contributed by atoms with E-state index in [1.165, 1.54) is 71.6 Å². The van der Waals surface area contributed by atoms with Crippen LogP contribution in [0.4, 0.5) is 0 Å². The fourth-order valence-corrected chi connectivity index (χ4v) is 8.35. The summed E-state index contributed by atoms with van der Waals surface area (Å²) in [5.74, 6) is 0. The van der Waals surface area contributed by atoms with E-state index in [9.17, 15) is 0 Å². The van der Waals surface area contributed by atoms with Gasteiger partial charge in [-0.05, 0) is 107 Å². The molecule has 252 valence electrons. The first-order chi connectivity index (χ1) is 26.8. The van der Waals surface area contributed by atoms with Gasteiger partial charge in [0.2, 0.25) is 0 Å². The molecule has 0 atom stereocenters. The highest BCUT2D eigenvalue weighted by Crippen LogP contribution is 2.38. The summed E-state index contributed by atoms with van der Waals surface area (Å²) in [6.07, 6.45) is 1.98. The minimum atomic E-state index is 1.01. The molecule has 0 radical (unpaired) electrons. The number of hydrogen-bond donors (Lipinski definition) is 0. The lowest BCUT2D eigenvalue weighted by atomic mass is 9.98. The first-order valence-corrected chi connectivity index (χ1v) is 18.5. The lowest BCUT2D eigenvalue weighted by Gasteiger charge is -2.11. The van der Waals surface area contributed by atoms with Crippen LogP contribution in [0.15, 0.2) is 200 Å². The average molecular weight is 688 g/mol. The van der Waals surface area contributed by atoms with Crippen LogP contribution in [0.3, 0.4) is 0 Å². The second-order valence-corrected chi connectivity index (χ2v) is 14.0. The number of fused-ring (bicyclic) bond motifs is 7. The Morgan fingerprint density at radius 3 is 1.48 bits per heavy atom. The van der Waals surface area contributed by atoms with Crippen LogP contribution < -0.4 is 0 Å². The summed E-state index contributed by atoms with van der Waals surface area (Å²) < 4.78 is 4.76. The zero-order chi connectivity index (χ0) is 35.6. The molecule has 54 heavy (non-hydrogen) atoms. The van der Waals surface area contributed by atoms with Gasteiger partial charge in [0.25, 0.3) is 0 Å². The van der Waals surface area contributed by atoms with Gasteiger partial charge in [-0.15, -0.1) is 0 Å². The maximum Gasteiger partial charge on any atom is 0.0702 e. The van der Waals surface area contributed by atoms with Crippen molar-refractivity contribution in [2.75, 3.05) is 0 Å². The van der Waals surface area contributed by atoms with Gasteiger partial charge in [0, 0.05) is 50.1 Å². The highest BCUT2D eigenvalue weighted by Gasteiger charge is 2.16. The maximum absolute atomic E-state index is 4.72. The van der Waals surface area contributed by atoms with Crippen molar-refractivity contribution in [2.24, 2.45) is 0 Å². The number of nitrogens with zero attached hydrogens (tertiary/aromatic N) is 3. The smallest absolute Gasteiger partial charge is 0.0702 e. The van der Waals surface area contributed by atoms with E-state index in [-0.39, 0.29) is 0 Å². The molecule has 3 heteroatoms. The zero-order valence-corrected chi connectivity index (χ0v) is 29.4. The number of hydrogen-bond acceptors (Lipinski definition) is 1. The molecule has 0 saturated carbocycles. The molecule has 0 spiro atoms. The summed E-state index contributed by atoms with van der Waals surface area (Å²) in [6, 6.07) is 70.2. The number of aromatic nitrogens is 3. The van der Waals surface area contributed by atoms with Crippen LogP contribution in [0, 0.1) is 0 Å². The van der Waals surface area contributed by atoms with Crippen LogP contribution in [0.1, 0.15) is 0 Å². The Kier molecular flexibility index (Phi) is 6.86. The summed E-state index contributed by atoms with van der Waals surface area (Å²) in [4.78, 5) is 4.72. The van der Waals surface area contributed by atoms with Gasteiger partial charge in [0.05, 0.1) is 27.6 Å². The predicted molar refractivity (Wildman–Crippen MR) is 227 cm³/mol. The van der Waals surface area contributed by atoms with E-state index in [1.54, 1.807) is 0 Å². The van der Waals surface area contributed by atoms with Crippen molar-refractivity contribution in [3.05, 3.63) is 200 Å². The normalized spacial score (nSPS) is 11.7. The molecule has 8 aromatic carbocycles. The van der Waals surface area contributed by atoms with Gasteiger partial charge < -0.3 is 9.13 Å². The van der Waals surface area contributed by atoms with E-state index in [0.717, 1.165) is 27.7 Å². The van der Waals surface area contributed by atoms with E-state index >= 15 is 0 Å². The molecule has 0 unspecified atom stereocenters. The Morgan fingerprint density at radius 1 is 0.296 bits per heavy atom. The number of pyridine rings is 1. The number of benzene rings is 8. The lowest BCUT2D eigenvalue weighted by molar-refractivity contribution is 1.18. The summed E-state index contributed by atoms with van der Waals surface area (Å²) in [5, 5.41) is 6.15. The van der Waals surface area contributed by atoms with Crippen LogP contribution in [-0.4, -0.2) is 14.1 Å². The molecule has 3 aromatic heterocycles. The van der Waals surface area contributed by atoms with Crippen molar-refractivity contribution < 1.29 is 0 Å².